The van der Waals surface area contributed by atoms with Gasteiger partial charge in [-0.25, -0.2) is 0 Å². The largest absolute Gasteiger partial charge is 0.494 e. The van der Waals surface area contributed by atoms with E-state index < -0.39 is 0 Å². The van der Waals surface area contributed by atoms with E-state index in [9.17, 15) is 0 Å². The minimum absolute atomic E-state index is 0.799. The van der Waals surface area contributed by atoms with Crippen LogP contribution in [0.4, 0.5) is 0 Å². The first-order valence-electron chi connectivity index (χ1n) is 7.32. The molecular weight excluding hydrogens is 244 g/mol. The summed E-state index contributed by atoms with van der Waals surface area (Å²) < 4.78 is 5.72. The molecule has 0 atom stereocenters. The van der Waals surface area contributed by atoms with Crippen molar-refractivity contribution in [1.82, 2.24) is 0 Å². The highest BCUT2D eigenvalue weighted by atomic mass is 16.5. The average molecular weight is 266 g/mol. The summed E-state index contributed by atoms with van der Waals surface area (Å²) in [6, 6.07) is 18.8. The minimum Gasteiger partial charge on any atom is -0.494 e. The number of benzene rings is 2. The number of ether oxygens (including phenoxy) is 1. The summed E-state index contributed by atoms with van der Waals surface area (Å²) in [5.41, 5.74) is 2.52. The average Bonchev–Trinajstić information content (AvgIpc) is 2.49. The third-order valence-electron chi connectivity index (χ3n) is 3.13. The molecule has 0 aromatic heterocycles. The van der Waals surface area contributed by atoms with Crippen LogP contribution in [0.5, 0.6) is 5.75 Å². The molecule has 0 radical (unpaired) electrons. The van der Waals surface area contributed by atoms with E-state index >= 15 is 0 Å². The smallest absolute Gasteiger partial charge is 0.119 e. The van der Waals surface area contributed by atoms with E-state index in [4.69, 9.17) is 4.74 Å². The molecule has 0 aliphatic rings. The normalized spacial score (nSPS) is 10.8. The molecule has 0 saturated carbocycles. The van der Waals surface area contributed by atoms with E-state index in [0.29, 0.717) is 0 Å². The summed E-state index contributed by atoms with van der Waals surface area (Å²) >= 11 is 0. The van der Waals surface area contributed by atoms with Gasteiger partial charge in [-0.2, -0.15) is 0 Å². The van der Waals surface area contributed by atoms with Crippen LogP contribution in [-0.4, -0.2) is 6.61 Å². The quantitative estimate of drug-likeness (QED) is 0.632. The molecule has 0 N–H and O–H groups in total. The number of rotatable bonds is 7. The van der Waals surface area contributed by atoms with Crippen LogP contribution in [0.15, 0.2) is 60.7 Å². The third-order valence-corrected chi connectivity index (χ3v) is 3.13. The Hall–Kier alpha value is -2.02. The predicted octanol–water partition coefficient (Wildman–Crippen LogP) is 5.12. The lowest BCUT2D eigenvalue weighted by Gasteiger charge is -2.05. The van der Waals surface area contributed by atoms with Crippen LogP contribution in [0.3, 0.4) is 0 Å². The molecule has 20 heavy (non-hydrogen) atoms. The molecule has 2 rings (SSSR count). The SMILES string of the molecule is CCCCOc1cccc(C=CCc2ccccc2)c1. The van der Waals surface area contributed by atoms with Crippen LogP contribution in [0.2, 0.25) is 0 Å². The fourth-order valence-corrected chi connectivity index (χ4v) is 1.99. The first-order valence-corrected chi connectivity index (χ1v) is 7.32. The molecular formula is C19H22O. The van der Waals surface area contributed by atoms with Gasteiger partial charge in [0.1, 0.15) is 5.75 Å². The first kappa shape index (κ1) is 14.4. The fraction of sp³-hybridized carbons (Fsp3) is 0.263. The van der Waals surface area contributed by atoms with Crippen molar-refractivity contribution in [2.24, 2.45) is 0 Å². The molecule has 0 heterocycles. The molecule has 0 unspecified atom stereocenters. The van der Waals surface area contributed by atoms with Crippen LogP contribution in [-0.2, 0) is 6.42 Å². The van der Waals surface area contributed by atoms with Gasteiger partial charge in [-0.05, 0) is 36.1 Å². The molecule has 1 nitrogen and oxygen atoms in total. The van der Waals surface area contributed by atoms with Gasteiger partial charge in [-0.1, -0.05) is 68.0 Å². The summed E-state index contributed by atoms with van der Waals surface area (Å²) in [5, 5.41) is 0. The van der Waals surface area contributed by atoms with Gasteiger partial charge in [0.15, 0.2) is 0 Å². The molecule has 2 aromatic carbocycles. The molecule has 0 saturated heterocycles. The van der Waals surface area contributed by atoms with Gasteiger partial charge in [0.05, 0.1) is 6.61 Å². The van der Waals surface area contributed by atoms with Gasteiger partial charge < -0.3 is 4.74 Å². The van der Waals surface area contributed by atoms with Crippen molar-refractivity contribution in [3.05, 3.63) is 71.8 Å². The maximum Gasteiger partial charge on any atom is 0.119 e. The zero-order chi connectivity index (χ0) is 14.0. The minimum atomic E-state index is 0.799. The lowest BCUT2D eigenvalue weighted by atomic mass is 10.1. The highest BCUT2D eigenvalue weighted by molar-refractivity contribution is 5.52. The van der Waals surface area contributed by atoms with Gasteiger partial charge in [0.25, 0.3) is 0 Å². The van der Waals surface area contributed by atoms with Crippen molar-refractivity contribution in [3.8, 4) is 5.75 Å². The molecule has 0 bridgehead atoms. The molecule has 0 aliphatic heterocycles. The molecule has 104 valence electrons. The standard InChI is InChI=1S/C19H22O/c1-2-3-15-20-19-14-8-13-18(16-19)12-7-11-17-9-5-4-6-10-17/h4-10,12-14,16H,2-3,11,15H2,1H3. The first-order chi connectivity index (χ1) is 9.88. The van der Waals surface area contributed by atoms with Crippen molar-refractivity contribution in [2.75, 3.05) is 6.61 Å². The van der Waals surface area contributed by atoms with E-state index in [1.165, 1.54) is 11.1 Å². The molecule has 0 fully saturated rings. The highest BCUT2D eigenvalue weighted by Gasteiger charge is 1.94. The van der Waals surface area contributed by atoms with E-state index in [-0.39, 0.29) is 0 Å². The molecule has 0 amide bonds. The van der Waals surface area contributed by atoms with Crippen LogP contribution < -0.4 is 4.74 Å². The number of hydrogen-bond acceptors (Lipinski definition) is 1. The Bertz CT molecular complexity index is 528. The van der Waals surface area contributed by atoms with Gasteiger partial charge in [-0.3, -0.25) is 0 Å². The second-order valence-electron chi connectivity index (χ2n) is 4.87. The van der Waals surface area contributed by atoms with Crippen molar-refractivity contribution in [3.63, 3.8) is 0 Å². The summed E-state index contributed by atoms with van der Waals surface area (Å²) in [6.45, 7) is 2.97. The molecule has 0 aliphatic carbocycles. The number of allylic oxidation sites excluding steroid dienone is 1. The lowest BCUT2D eigenvalue weighted by molar-refractivity contribution is 0.309. The zero-order valence-electron chi connectivity index (χ0n) is 12.1. The summed E-state index contributed by atoms with van der Waals surface area (Å²) in [7, 11) is 0. The molecule has 2 aromatic rings. The Morgan fingerprint density at radius 1 is 1.00 bits per heavy atom. The van der Waals surface area contributed by atoms with Crippen molar-refractivity contribution < 1.29 is 4.74 Å². The molecule has 1 heteroatoms. The lowest BCUT2D eigenvalue weighted by Crippen LogP contribution is -1.96. The van der Waals surface area contributed by atoms with Crippen LogP contribution in [0.25, 0.3) is 6.08 Å². The van der Waals surface area contributed by atoms with Crippen molar-refractivity contribution in [1.29, 1.82) is 0 Å². The van der Waals surface area contributed by atoms with Crippen molar-refractivity contribution in [2.45, 2.75) is 26.2 Å². The van der Waals surface area contributed by atoms with E-state index in [1.807, 2.05) is 18.2 Å². The topological polar surface area (TPSA) is 9.23 Å². The number of unbranched alkanes of at least 4 members (excludes halogenated alkanes) is 1. The van der Waals surface area contributed by atoms with Gasteiger partial charge in [0, 0.05) is 0 Å². The predicted molar refractivity (Wildman–Crippen MR) is 86.0 cm³/mol. The van der Waals surface area contributed by atoms with E-state index in [0.717, 1.165) is 31.6 Å². The van der Waals surface area contributed by atoms with Crippen LogP contribution in [0, 0.1) is 0 Å². The molecule has 0 spiro atoms. The Morgan fingerprint density at radius 2 is 1.85 bits per heavy atom. The zero-order valence-corrected chi connectivity index (χ0v) is 12.1. The van der Waals surface area contributed by atoms with Crippen molar-refractivity contribution >= 4 is 6.08 Å². The summed E-state index contributed by atoms with van der Waals surface area (Å²) in [4.78, 5) is 0. The Kier molecular flexibility index (Phi) is 5.91. The Labute approximate surface area is 121 Å². The maximum absolute atomic E-state index is 5.72. The van der Waals surface area contributed by atoms with Crippen LogP contribution >= 0.6 is 0 Å². The fourth-order valence-electron chi connectivity index (χ4n) is 1.99. The van der Waals surface area contributed by atoms with E-state index in [2.05, 4.69) is 55.5 Å². The monoisotopic (exact) mass is 266 g/mol. The van der Waals surface area contributed by atoms with Crippen LogP contribution in [0.1, 0.15) is 30.9 Å². The number of hydrogen-bond donors (Lipinski definition) is 0. The van der Waals surface area contributed by atoms with E-state index in [1.54, 1.807) is 0 Å². The third kappa shape index (κ3) is 4.93. The maximum atomic E-state index is 5.72. The second kappa shape index (κ2) is 8.21. The Balaban J connectivity index is 1.90. The second-order valence-corrected chi connectivity index (χ2v) is 4.87. The highest BCUT2D eigenvalue weighted by Crippen LogP contribution is 2.15. The van der Waals surface area contributed by atoms with Gasteiger partial charge in [0.2, 0.25) is 0 Å². The van der Waals surface area contributed by atoms with Gasteiger partial charge in [-0.15, -0.1) is 0 Å². The summed E-state index contributed by atoms with van der Waals surface area (Å²) in [6.07, 6.45) is 7.58. The van der Waals surface area contributed by atoms with Gasteiger partial charge >= 0.3 is 0 Å². The summed E-state index contributed by atoms with van der Waals surface area (Å²) in [5.74, 6) is 0.959. The Morgan fingerprint density at radius 3 is 2.65 bits per heavy atom.